The van der Waals surface area contributed by atoms with E-state index < -0.39 is 0 Å². The summed E-state index contributed by atoms with van der Waals surface area (Å²) in [6, 6.07) is 0. The molecule has 19 heavy (non-hydrogen) atoms. The molecular formula is C14H26N4O. The second-order valence-electron chi connectivity index (χ2n) is 4.56. The molecule has 0 atom stereocenters. The molecule has 0 bridgehead atoms. The van der Waals surface area contributed by atoms with Crippen molar-refractivity contribution in [1.29, 1.82) is 0 Å². The van der Waals surface area contributed by atoms with Gasteiger partial charge in [-0.1, -0.05) is 13.8 Å². The van der Waals surface area contributed by atoms with Gasteiger partial charge >= 0.3 is 0 Å². The summed E-state index contributed by atoms with van der Waals surface area (Å²) in [6.07, 6.45) is 3.03. The van der Waals surface area contributed by atoms with Gasteiger partial charge in [0, 0.05) is 32.2 Å². The van der Waals surface area contributed by atoms with Crippen LogP contribution in [-0.4, -0.2) is 36.8 Å². The molecule has 0 amide bonds. The number of nitrogens with zero attached hydrogens (tertiary/aromatic N) is 2. The second-order valence-corrected chi connectivity index (χ2v) is 4.56. The highest BCUT2D eigenvalue weighted by Crippen LogP contribution is 2.20. The van der Waals surface area contributed by atoms with Gasteiger partial charge in [0.25, 0.3) is 0 Å². The van der Waals surface area contributed by atoms with E-state index in [-0.39, 0.29) is 0 Å². The molecule has 108 valence electrons. The first-order valence-corrected chi connectivity index (χ1v) is 7.07. The van der Waals surface area contributed by atoms with Crippen LogP contribution in [0.3, 0.4) is 0 Å². The SMILES string of the molecule is CCCNc1nc(CCC)nc(NCCOC)c1C. The summed E-state index contributed by atoms with van der Waals surface area (Å²) in [5, 5.41) is 6.68. The maximum Gasteiger partial charge on any atom is 0.134 e. The second kappa shape index (κ2) is 8.69. The minimum absolute atomic E-state index is 0.671. The van der Waals surface area contributed by atoms with Crippen LogP contribution in [0.4, 0.5) is 11.6 Å². The smallest absolute Gasteiger partial charge is 0.134 e. The number of nitrogens with one attached hydrogen (secondary N) is 2. The van der Waals surface area contributed by atoms with E-state index in [0.717, 1.165) is 55.4 Å². The van der Waals surface area contributed by atoms with E-state index in [1.54, 1.807) is 7.11 Å². The van der Waals surface area contributed by atoms with Gasteiger partial charge in [-0.05, 0) is 19.8 Å². The highest BCUT2D eigenvalue weighted by atomic mass is 16.5. The molecule has 0 saturated carbocycles. The molecule has 1 heterocycles. The third-order valence-electron chi connectivity index (χ3n) is 2.81. The molecule has 0 aliphatic carbocycles. The summed E-state index contributed by atoms with van der Waals surface area (Å²) in [6.45, 7) is 8.69. The van der Waals surface area contributed by atoms with Crippen molar-refractivity contribution in [2.45, 2.75) is 40.0 Å². The van der Waals surface area contributed by atoms with Crippen molar-refractivity contribution in [2.24, 2.45) is 0 Å². The van der Waals surface area contributed by atoms with Gasteiger partial charge in [-0.15, -0.1) is 0 Å². The topological polar surface area (TPSA) is 59.1 Å². The number of hydrogen-bond acceptors (Lipinski definition) is 5. The number of methoxy groups -OCH3 is 1. The molecule has 0 unspecified atom stereocenters. The van der Waals surface area contributed by atoms with Crippen molar-refractivity contribution < 1.29 is 4.74 Å². The van der Waals surface area contributed by atoms with Crippen LogP contribution in [0.15, 0.2) is 0 Å². The monoisotopic (exact) mass is 266 g/mol. The van der Waals surface area contributed by atoms with Gasteiger partial charge in [-0.2, -0.15) is 0 Å². The van der Waals surface area contributed by atoms with Crippen molar-refractivity contribution in [3.05, 3.63) is 11.4 Å². The van der Waals surface area contributed by atoms with Crippen molar-refractivity contribution in [1.82, 2.24) is 9.97 Å². The number of rotatable bonds is 9. The fraction of sp³-hybridized carbons (Fsp3) is 0.714. The Morgan fingerprint density at radius 1 is 1.00 bits per heavy atom. The van der Waals surface area contributed by atoms with Crippen LogP contribution in [-0.2, 0) is 11.2 Å². The van der Waals surface area contributed by atoms with Crippen molar-refractivity contribution in [3.8, 4) is 0 Å². The molecule has 5 heteroatoms. The Morgan fingerprint density at radius 3 is 2.16 bits per heavy atom. The standard InChI is InChI=1S/C14H26N4O/c1-5-7-12-17-13(15-8-6-2)11(3)14(18-12)16-9-10-19-4/h5-10H2,1-4H3,(H2,15,16,17,18). The number of anilines is 2. The van der Waals surface area contributed by atoms with Gasteiger partial charge in [0.15, 0.2) is 0 Å². The zero-order chi connectivity index (χ0) is 14.1. The number of ether oxygens (including phenoxy) is 1. The van der Waals surface area contributed by atoms with E-state index in [1.807, 2.05) is 6.92 Å². The van der Waals surface area contributed by atoms with Gasteiger partial charge in [-0.25, -0.2) is 9.97 Å². The van der Waals surface area contributed by atoms with Crippen LogP contribution in [0.2, 0.25) is 0 Å². The van der Waals surface area contributed by atoms with Crippen LogP contribution in [0.5, 0.6) is 0 Å². The fourth-order valence-electron chi connectivity index (χ4n) is 1.76. The van der Waals surface area contributed by atoms with Gasteiger partial charge < -0.3 is 15.4 Å². The molecule has 0 saturated heterocycles. The van der Waals surface area contributed by atoms with E-state index in [2.05, 4.69) is 34.4 Å². The minimum Gasteiger partial charge on any atom is -0.383 e. The fourth-order valence-corrected chi connectivity index (χ4v) is 1.76. The van der Waals surface area contributed by atoms with E-state index in [9.17, 15) is 0 Å². The van der Waals surface area contributed by atoms with Gasteiger partial charge in [-0.3, -0.25) is 0 Å². The number of aryl methyl sites for hydroxylation is 1. The molecule has 1 aromatic heterocycles. The van der Waals surface area contributed by atoms with E-state index >= 15 is 0 Å². The Hall–Kier alpha value is -1.36. The van der Waals surface area contributed by atoms with E-state index in [1.165, 1.54) is 0 Å². The number of hydrogen-bond donors (Lipinski definition) is 2. The first kappa shape index (κ1) is 15.7. The highest BCUT2D eigenvalue weighted by Gasteiger charge is 2.09. The Balaban J connectivity index is 2.88. The molecule has 5 nitrogen and oxygen atoms in total. The molecule has 2 N–H and O–H groups in total. The van der Waals surface area contributed by atoms with Crippen molar-refractivity contribution in [3.63, 3.8) is 0 Å². The molecule has 1 rings (SSSR count). The van der Waals surface area contributed by atoms with E-state index in [4.69, 9.17) is 4.74 Å². The largest absolute Gasteiger partial charge is 0.383 e. The summed E-state index contributed by atoms with van der Waals surface area (Å²) in [4.78, 5) is 9.18. The van der Waals surface area contributed by atoms with Crippen LogP contribution in [0.25, 0.3) is 0 Å². The third kappa shape index (κ3) is 5.03. The summed E-state index contributed by atoms with van der Waals surface area (Å²) in [5.41, 5.74) is 1.07. The van der Waals surface area contributed by atoms with Crippen LogP contribution in [0.1, 0.15) is 38.1 Å². The first-order valence-electron chi connectivity index (χ1n) is 7.07. The third-order valence-corrected chi connectivity index (χ3v) is 2.81. The Bertz CT molecular complexity index is 382. The number of aromatic nitrogens is 2. The maximum atomic E-state index is 5.05. The molecular weight excluding hydrogens is 240 g/mol. The molecule has 1 aromatic rings. The molecule has 0 spiro atoms. The lowest BCUT2D eigenvalue weighted by molar-refractivity contribution is 0.210. The summed E-state index contributed by atoms with van der Waals surface area (Å²) in [7, 11) is 1.70. The lowest BCUT2D eigenvalue weighted by Gasteiger charge is -2.14. The average Bonchev–Trinajstić information content (AvgIpc) is 2.41. The zero-order valence-corrected chi connectivity index (χ0v) is 12.5. The Labute approximate surface area is 116 Å². The zero-order valence-electron chi connectivity index (χ0n) is 12.5. The Morgan fingerprint density at radius 2 is 1.63 bits per heavy atom. The van der Waals surface area contributed by atoms with Crippen LogP contribution >= 0.6 is 0 Å². The molecule has 0 aliphatic rings. The molecule has 0 radical (unpaired) electrons. The predicted octanol–water partition coefficient (Wildman–Crippen LogP) is 2.62. The minimum atomic E-state index is 0.671. The molecule has 0 aliphatic heterocycles. The molecule has 0 fully saturated rings. The lowest BCUT2D eigenvalue weighted by atomic mass is 10.2. The lowest BCUT2D eigenvalue weighted by Crippen LogP contribution is -2.14. The maximum absolute atomic E-state index is 5.05. The van der Waals surface area contributed by atoms with Crippen LogP contribution < -0.4 is 10.6 Å². The Kier molecular flexibility index (Phi) is 7.18. The summed E-state index contributed by atoms with van der Waals surface area (Å²) >= 11 is 0. The van der Waals surface area contributed by atoms with Gasteiger partial charge in [0.05, 0.1) is 6.61 Å². The van der Waals surface area contributed by atoms with Crippen molar-refractivity contribution >= 4 is 11.6 Å². The van der Waals surface area contributed by atoms with Crippen LogP contribution in [0, 0.1) is 6.92 Å². The van der Waals surface area contributed by atoms with Gasteiger partial charge in [0.2, 0.25) is 0 Å². The highest BCUT2D eigenvalue weighted by molar-refractivity contribution is 5.57. The summed E-state index contributed by atoms with van der Waals surface area (Å²) in [5.74, 6) is 2.75. The van der Waals surface area contributed by atoms with E-state index in [0.29, 0.717) is 6.61 Å². The predicted molar refractivity (Wildman–Crippen MR) is 79.9 cm³/mol. The van der Waals surface area contributed by atoms with Gasteiger partial charge in [0.1, 0.15) is 17.5 Å². The normalized spacial score (nSPS) is 10.5. The summed E-state index contributed by atoms with van der Waals surface area (Å²) < 4.78 is 5.05. The molecule has 0 aromatic carbocycles. The van der Waals surface area contributed by atoms with Crippen molar-refractivity contribution in [2.75, 3.05) is 37.4 Å². The average molecular weight is 266 g/mol. The quantitative estimate of drug-likeness (QED) is 0.673. The first-order chi connectivity index (χ1) is 9.22.